The molecule has 0 aromatic carbocycles. The van der Waals surface area contributed by atoms with Gasteiger partial charge >= 0.3 is 5.97 Å². The van der Waals surface area contributed by atoms with Crippen LogP contribution < -0.4 is 0 Å². The Balaban J connectivity index is 4.19. The van der Waals surface area contributed by atoms with Crippen LogP contribution in [0.1, 0.15) is 6.42 Å². The van der Waals surface area contributed by atoms with Crippen LogP contribution in [0, 0.1) is 0 Å². The summed E-state index contributed by atoms with van der Waals surface area (Å²) in [6, 6.07) is 0. The van der Waals surface area contributed by atoms with E-state index < -0.39 is 24.1 Å². The summed E-state index contributed by atoms with van der Waals surface area (Å²) < 4.78 is 0. The zero-order valence-corrected chi connectivity index (χ0v) is 5.11. The molecule has 0 radical (unpaired) electrons. The maximum atomic E-state index is 9.87. The lowest BCUT2D eigenvalue weighted by molar-refractivity contribution is -0.135. The second-order valence-electron chi connectivity index (χ2n) is 1.57. The standard InChI is InChI=1S/C5H8O5/c6-2-1-3(7)4(8)5(9)10/h6-8H,1-2H2,(H,9,10). The van der Waals surface area contributed by atoms with Crippen molar-refractivity contribution in [2.45, 2.75) is 6.42 Å². The maximum absolute atomic E-state index is 9.87. The first-order valence-electron chi connectivity index (χ1n) is 2.54. The van der Waals surface area contributed by atoms with Crippen molar-refractivity contribution in [1.29, 1.82) is 0 Å². The summed E-state index contributed by atoms with van der Waals surface area (Å²) in [4.78, 5) is 9.87. The summed E-state index contributed by atoms with van der Waals surface area (Å²) in [6.07, 6.45) is -0.252. The first-order valence-corrected chi connectivity index (χ1v) is 2.54. The van der Waals surface area contributed by atoms with Crippen LogP contribution in [0.4, 0.5) is 0 Å². The monoisotopic (exact) mass is 148 g/mol. The molecule has 0 aromatic rings. The molecule has 0 atom stereocenters. The van der Waals surface area contributed by atoms with Crippen LogP contribution in [-0.2, 0) is 4.79 Å². The molecular formula is C5H8O5. The van der Waals surface area contributed by atoms with Crippen molar-refractivity contribution in [3.05, 3.63) is 11.5 Å². The Bertz CT molecular complexity index is 159. The average Bonchev–Trinajstić information content (AvgIpc) is 1.87. The molecule has 4 N–H and O–H groups in total. The van der Waals surface area contributed by atoms with Crippen molar-refractivity contribution in [2.24, 2.45) is 0 Å². The van der Waals surface area contributed by atoms with Crippen LogP contribution in [0.25, 0.3) is 0 Å². The lowest BCUT2D eigenvalue weighted by Gasteiger charge is -1.96. The van der Waals surface area contributed by atoms with Gasteiger partial charge < -0.3 is 20.4 Å². The topological polar surface area (TPSA) is 98.0 Å². The van der Waals surface area contributed by atoms with Crippen molar-refractivity contribution in [1.82, 2.24) is 0 Å². The number of carboxylic acids is 1. The van der Waals surface area contributed by atoms with Gasteiger partial charge in [0.25, 0.3) is 0 Å². The van der Waals surface area contributed by atoms with E-state index in [1.54, 1.807) is 0 Å². The molecule has 5 nitrogen and oxygen atoms in total. The number of carbonyl (C=O) groups is 1. The molecular weight excluding hydrogens is 140 g/mol. The SMILES string of the molecule is O=C(O)C(O)=C(O)CCO. The van der Waals surface area contributed by atoms with Gasteiger partial charge in [0.05, 0.1) is 6.61 Å². The number of aliphatic carboxylic acids is 1. The smallest absolute Gasteiger partial charge is 0.374 e. The van der Waals surface area contributed by atoms with Crippen LogP contribution in [0.15, 0.2) is 11.5 Å². The van der Waals surface area contributed by atoms with E-state index in [-0.39, 0.29) is 6.42 Å². The van der Waals surface area contributed by atoms with Gasteiger partial charge in [-0.1, -0.05) is 0 Å². The maximum Gasteiger partial charge on any atom is 0.374 e. The van der Waals surface area contributed by atoms with E-state index in [1.807, 2.05) is 0 Å². The fourth-order valence-electron chi connectivity index (χ4n) is 0.348. The van der Waals surface area contributed by atoms with Gasteiger partial charge in [-0.05, 0) is 0 Å². The normalized spacial score (nSPS) is 12.5. The summed E-state index contributed by atoms with van der Waals surface area (Å²) >= 11 is 0. The van der Waals surface area contributed by atoms with E-state index in [9.17, 15) is 4.79 Å². The zero-order chi connectivity index (χ0) is 8.15. The summed E-state index contributed by atoms with van der Waals surface area (Å²) in [5, 5.41) is 33.2. The molecule has 0 spiro atoms. The molecule has 0 aromatic heterocycles. The van der Waals surface area contributed by atoms with Crippen molar-refractivity contribution in [3.63, 3.8) is 0 Å². The Hall–Kier alpha value is -1.23. The second-order valence-corrected chi connectivity index (χ2v) is 1.57. The van der Waals surface area contributed by atoms with E-state index in [4.69, 9.17) is 20.4 Å². The number of aliphatic hydroxyl groups excluding tert-OH is 3. The summed E-state index contributed by atoms with van der Waals surface area (Å²) in [5.74, 6) is -3.44. The second kappa shape index (κ2) is 3.73. The van der Waals surface area contributed by atoms with Gasteiger partial charge in [0.1, 0.15) is 5.76 Å². The van der Waals surface area contributed by atoms with Crippen molar-refractivity contribution >= 4 is 5.97 Å². The number of hydrogen-bond acceptors (Lipinski definition) is 4. The molecule has 0 aliphatic rings. The number of hydrogen-bond donors (Lipinski definition) is 4. The first-order chi connectivity index (χ1) is 4.59. The van der Waals surface area contributed by atoms with Gasteiger partial charge in [-0.3, -0.25) is 0 Å². The van der Waals surface area contributed by atoms with Crippen LogP contribution in [-0.4, -0.2) is 33.0 Å². The molecule has 0 saturated heterocycles. The molecule has 0 heterocycles. The minimum atomic E-state index is -1.61. The Morgan fingerprint density at radius 1 is 1.20 bits per heavy atom. The predicted octanol–water partition coefficient (Wildman–Crippen LogP) is -0.219. The van der Waals surface area contributed by atoms with Crippen molar-refractivity contribution in [2.75, 3.05) is 6.61 Å². The fourth-order valence-corrected chi connectivity index (χ4v) is 0.348. The third-order valence-corrected chi connectivity index (χ3v) is 0.825. The van der Waals surface area contributed by atoms with Crippen LogP contribution in [0.5, 0.6) is 0 Å². The molecule has 58 valence electrons. The molecule has 0 bridgehead atoms. The Labute approximate surface area is 56.8 Å². The highest BCUT2D eigenvalue weighted by Crippen LogP contribution is 2.01. The third kappa shape index (κ3) is 2.36. The van der Waals surface area contributed by atoms with Gasteiger partial charge in [-0.2, -0.15) is 0 Å². The zero-order valence-electron chi connectivity index (χ0n) is 5.11. The third-order valence-electron chi connectivity index (χ3n) is 0.825. The highest BCUT2D eigenvalue weighted by atomic mass is 16.4. The quantitative estimate of drug-likeness (QED) is 0.327. The molecule has 0 fully saturated rings. The minimum absolute atomic E-state index is 0.252. The van der Waals surface area contributed by atoms with Gasteiger partial charge in [0.2, 0.25) is 5.76 Å². The van der Waals surface area contributed by atoms with Crippen LogP contribution >= 0.6 is 0 Å². The van der Waals surface area contributed by atoms with E-state index in [0.29, 0.717) is 0 Å². The van der Waals surface area contributed by atoms with E-state index in [2.05, 4.69) is 0 Å². The van der Waals surface area contributed by atoms with E-state index in [1.165, 1.54) is 0 Å². The highest BCUT2D eigenvalue weighted by molar-refractivity contribution is 5.84. The summed E-state index contributed by atoms with van der Waals surface area (Å²) in [5.41, 5.74) is 0. The Morgan fingerprint density at radius 2 is 1.70 bits per heavy atom. The van der Waals surface area contributed by atoms with Crippen molar-refractivity contribution in [3.8, 4) is 0 Å². The molecule has 10 heavy (non-hydrogen) atoms. The Morgan fingerprint density at radius 3 is 2.00 bits per heavy atom. The molecule has 0 rings (SSSR count). The minimum Gasteiger partial charge on any atom is -0.508 e. The fraction of sp³-hybridized carbons (Fsp3) is 0.400. The molecule has 0 unspecified atom stereocenters. The van der Waals surface area contributed by atoms with Crippen molar-refractivity contribution < 1.29 is 25.2 Å². The Kier molecular flexibility index (Phi) is 3.27. The first kappa shape index (κ1) is 8.77. The lowest BCUT2D eigenvalue weighted by atomic mass is 10.3. The molecule has 0 aliphatic carbocycles. The average molecular weight is 148 g/mol. The van der Waals surface area contributed by atoms with Gasteiger partial charge in [-0.15, -0.1) is 0 Å². The van der Waals surface area contributed by atoms with E-state index >= 15 is 0 Å². The molecule has 0 saturated carbocycles. The highest BCUT2D eigenvalue weighted by Gasteiger charge is 2.10. The summed E-state index contributed by atoms with van der Waals surface area (Å²) in [7, 11) is 0. The predicted molar refractivity (Wildman–Crippen MR) is 31.6 cm³/mol. The molecule has 0 amide bonds. The van der Waals surface area contributed by atoms with E-state index in [0.717, 1.165) is 0 Å². The number of rotatable bonds is 3. The number of carboxylic acid groups (broad SMARTS) is 1. The summed E-state index contributed by atoms with van der Waals surface area (Å²) in [6.45, 7) is -0.400. The van der Waals surface area contributed by atoms with Gasteiger partial charge in [0.15, 0.2) is 0 Å². The molecule has 5 heteroatoms. The van der Waals surface area contributed by atoms with Gasteiger partial charge in [0, 0.05) is 6.42 Å². The number of aliphatic hydroxyl groups is 3. The largest absolute Gasteiger partial charge is 0.508 e. The van der Waals surface area contributed by atoms with Crippen LogP contribution in [0.2, 0.25) is 0 Å². The lowest BCUT2D eigenvalue weighted by Crippen LogP contribution is -2.04. The van der Waals surface area contributed by atoms with Crippen LogP contribution in [0.3, 0.4) is 0 Å². The molecule has 0 aliphatic heterocycles. The van der Waals surface area contributed by atoms with Gasteiger partial charge in [-0.25, -0.2) is 4.79 Å².